The summed E-state index contributed by atoms with van der Waals surface area (Å²) in [5, 5.41) is 3.09. The average Bonchev–Trinajstić information content (AvgIpc) is 2.46. The standard InChI is InChI=1S/C16H15F3IN/c1-21-15(9-11-5-7-14(20)8-6-11)12-3-2-4-13(10-12)16(17,18)19/h2-8,10,15,21H,9H2,1H3. The van der Waals surface area contributed by atoms with Crippen molar-refractivity contribution in [2.45, 2.75) is 18.6 Å². The molecule has 2 aromatic carbocycles. The highest BCUT2D eigenvalue weighted by molar-refractivity contribution is 14.1. The summed E-state index contributed by atoms with van der Waals surface area (Å²) in [5.41, 5.74) is 1.13. The summed E-state index contributed by atoms with van der Waals surface area (Å²) in [6.07, 6.45) is -3.66. The highest BCUT2D eigenvalue weighted by Crippen LogP contribution is 2.31. The molecule has 5 heteroatoms. The van der Waals surface area contributed by atoms with Gasteiger partial charge in [0, 0.05) is 9.61 Å². The number of likely N-dealkylation sites (N-methyl/N-ethyl adjacent to an activating group) is 1. The van der Waals surface area contributed by atoms with Crippen LogP contribution in [0.1, 0.15) is 22.7 Å². The van der Waals surface area contributed by atoms with E-state index in [1.165, 1.54) is 12.1 Å². The molecule has 0 spiro atoms. The predicted octanol–water partition coefficient (Wildman–Crippen LogP) is 4.81. The summed E-state index contributed by atoms with van der Waals surface area (Å²) in [6.45, 7) is 0. The van der Waals surface area contributed by atoms with Crippen molar-refractivity contribution in [3.8, 4) is 0 Å². The van der Waals surface area contributed by atoms with Crippen LogP contribution in [0.25, 0.3) is 0 Å². The van der Waals surface area contributed by atoms with Gasteiger partial charge in [0.15, 0.2) is 0 Å². The van der Waals surface area contributed by atoms with Gasteiger partial charge in [-0.1, -0.05) is 24.3 Å². The van der Waals surface area contributed by atoms with Gasteiger partial charge in [0.05, 0.1) is 5.56 Å². The Morgan fingerprint density at radius 3 is 2.33 bits per heavy atom. The third kappa shape index (κ3) is 4.44. The largest absolute Gasteiger partial charge is 0.416 e. The minimum atomic E-state index is -4.31. The second kappa shape index (κ2) is 6.79. The fourth-order valence-electron chi connectivity index (χ4n) is 2.17. The molecule has 21 heavy (non-hydrogen) atoms. The third-order valence-electron chi connectivity index (χ3n) is 3.32. The van der Waals surface area contributed by atoms with Crippen molar-refractivity contribution in [2.75, 3.05) is 7.05 Å². The molecule has 0 fully saturated rings. The molecule has 0 aliphatic heterocycles. The summed E-state index contributed by atoms with van der Waals surface area (Å²) in [6, 6.07) is 13.3. The molecule has 0 aromatic heterocycles. The summed E-state index contributed by atoms with van der Waals surface area (Å²) in [5.74, 6) is 0. The number of benzene rings is 2. The van der Waals surface area contributed by atoms with Gasteiger partial charge in [-0.25, -0.2) is 0 Å². The molecular weight excluding hydrogens is 390 g/mol. The molecule has 0 heterocycles. The van der Waals surface area contributed by atoms with Crippen molar-refractivity contribution in [2.24, 2.45) is 0 Å². The van der Waals surface area contributed by atoms with Crippen LogP contribution in [0.5, 0.6) is 0 Å². The van der Waals surface area contributed by atoms with Crippen LogP contribution in [0.2, 0.25) is 0 Å². The SMILES string of the molecule is CNC(Cc1ccc(I)cc1)c1cccc(C(F)(F)F)c1. The van der Waals surface area contributed by atoms with Crippen molar-refractivity contribution < 1.29 is 13.2 Å². The average molecular weight is 405 g/mol. The van der Waals surface area contributed by atoms with Crippen molar-refractivity contribution in [1.29, 1.82) is 0 Å². The fourth-order valence-corrected chi connectivity index (χ4v) is 2.53. The number of rotatable bonds is 4. The Kier molecular flexibility index (Phi) is 5.27. The number of nitrogens with one attached hydrogen (secondary N) is 1. The van der Waals surface area contributed by atoms with E-state index in [9.17, 15) is 13.2 Å². The first-order chi connectivity index (χ1) is 9.90. The van der Waals surface area contributed by atoms with Gasteiger partial charge in [0.2, 0.25) is 0 Å². The maximum Gasteiger partial charge on any atom is 0.416 e. The van der Waals surface area contributed by atoms with E-state index >= 15 is 0 Å². The number of hydrogen-bond donors (Lipinski definition) is 1. The number of hydrogen-bond acceptors (Lipinski definition) is 1. The van der Waals surface area contributed by atoms with Crippen LogP contribution in [0.3, 0.4) is 0 Å². The second-order valence-corrected chi connectivity index (χ2v) is 6.04. The lowest BCUT2D eigenvalue weighted by Gasteiger charge is -2.18. The van der Waals surface area contributed by atoms with Crippen LogP contribution >= 0.6 is 22.6 Å². The Balaban J connectivity index is 2.23. The first-order valence-electron chi connectivity index (χ1n) is 6.49. The lowest BCUT2D eigenvalue weighted by molar-refractivity contribution is -0.137. The molecule has 0 saturated heterocycles. The molecule has 2 aromatic rings. The van der Waals surface area contributed by atoms with Crippen molar-refractivity contribution >= 4 is 22.6 Å². The maximum atomic E-state index is 12.8. The van der Waals surface area contributed by atoms with E-state index in [1.807, 2.05) is 24.3 Å². The number of halogens is 4. The van der Waals surface area contributed by atoms with E-state index in [4.69, 9.17) is 0 Å². The van der Waals surface area contributed by atoms with Gasteiger partial charge in [-0.2, -0.15) is 13.2 Å². The molecule has 0 aliphatic rings. The molecule has 0 radical (unpaired) electrons. The zero-order valence-electron chi connectivity index (χ0n) is 11.4. The Hall–Kier alpha value is -1.08. The van der Waals surface area contributed by atoms with Crippen LogP contribution < -0.4 is 5.32 Å². The molecule has 0 amide bonds. The highest BCUT2D eigenvalue weighted by atomic mass is 127. The zero-order valence-corrected chi connectivity index (χ0v) is 13.6. The lowest BCUT2D eigenvalue weighted by atomic mass is 9.97. The molecule has 1 nitrogen and oxygen atoms in total. The van der Waals surface area contributed by atoms with Gasteiger partial charge in [-0.15, -0.1) is 0 Å². The van der Waals surface area contributed by atoms with Crippen LogP contribution in [0.4, 0.5) is 13.2 Å². The first kappa shape index (κ1) is 16.3. The Morgan fingerprint density at radius 2 is 1.76 bits per heavy atom. The molecule has 0 bridgehead atoms. The second-order valence-electron chi connectivity index (χ2n) is 4.80. The molecule has 1 atom stereocenters. The molecule has 2 rings (SSSR count). The van der Waals surface area contributed by atoms with Gasteiger partial charge in [0.25, 0.3) is 0 Å². The van der Waals surface area contributed by atoms with Gasteiger partial charge in [-0.3, -0.25) is 0 Å². The minimum Gasteiger partial charge on any atom is -0.313 e. The first-order valence-corrected chi connectivity index (χ1v) is 7.57. The van der Waals surface area contributed by atoms with Crippen molar-refractivity contribution in [3.63, 3.8) is 0 Å². The predicted molar refractivity (Wildman–Crippen MR) is 86.1 cm³/mol. The monoisotopic (exact) mass is 405 g/mol. The van der Waals surface area contributed by atoms with E-state index < -0.39 is 11.7 Å². The molecule has 0 saturated carbocycles. The zero-order chi connectivity index (χ0) is 15.5. The molecule has 1 unspecified atom stereocenters. The van der Waals surface area contributed by atoms with Gasteiger partial charge < -0.3 is 5.32 Å². The summed E-state index contributed by atoms with van der Waals surface area (Å²) < 4.78 is 39.5. The Bertz CT molecular complexity index is 593. The maximum absolute atomic E-state index is 12.8. The smallest absolute Gasteiger partial charge is 0.313 e. The van der Waals surface area contributed by atoms with Gasteiger partial charge in [0.1, 0.15) is 0 Å². The van der Waals surface area contributed by atoms with Gasteiger partial charge >= 0.3 is 6.18 Å². The van der Waals surface area contributed by atoms with E-state index in [0.29, 0.717) is 12.0 Å². The summed E-state index contributed by atoms with van der Waals surface area (Å²) in [4.78, 5) is 0. The van der Waals surface area contributed by atoms with E-state index in [-0.39, 0.29) is 6.04 Å². The molecule has 1 N–H and O–H groups in total. The fraction of sp³-hybridized carbons (Fsp3) is 0.250. The van der Waals surface area contributed by atoms with E-state index in [1.54, 1.807) is 13.1 Å². The van der Waals surface area contributed by atoms with Crippen LogP contribution in [0, 0.1) is 3.57 Å². The van der Waals surface area contributed by atoms with E-state index in [2.05, 4.69) is 27.9 Å². The van der Waals surface area contributed by atoms with E-state index in [0.717, 1.165) is 15.2 Å². The van der Waals surface area contributed by atoms with Crippen LogP contribution in [-0.4, -0.2) is 7.05 Å². The Labute approximate surface area is 135 Å². The minimum absolute atomic E-state index is 0.146. The normalized spacial score (nSPS) is 13.2. The lowest BCUT2D eigenvalue weighted by Crippen LogP contribution is -2.19. The van der Waals surface area contributed by atoms with Crippen LogP contribution in [-0.2, 0) is 12.6 Å². The Morgan fingerprint density at radius 1 is 1.10 bits per heavy atom. The third-order valence-corrected chi connectivity index (χ3v) is 4.04. The molecule has 0 aliphatic carbocycles. The topological polar surface area (TPSA) is 12.0 Å². The highest BCUT2D eigenvalue weighted by Gasteiger charge is 2.30. The van der Waals surface area contributed by atoms with Gasteiger partial charge in [-0.05, 0) is 71.5 Å². The molecular formula is C16H15F3IN. The molecule has 112 valence electrons. The van der Waals surface area contributed by atoms with Crippen molar-refractivity contribution in [3.05, 3.63) is 68.8 Å². The van der Waals surface area contributed by atoms with Crippen LogP contribution in [0.15, 0.2) is 48.5 Å². The van der Waals surface area contributed by atoms with Crippen molar-refractivity contribution in [1.82, 2.24) is 5.32 Å². The summed E-state index contributed by atoms with van der Waals surface area (Å²) >= 11 is 2.22. The quantitative estimate of drug-likeness (QED) is 0.720. The number of alkyl halides is 3. The summed E-state index contributed by atoms with van der Waals surface area (Å²) in [7, 11) is 1.76.